The summed E-state index contributed by atoms with van der Waals surface area (Å²) in [4.78, 5) is 23.7. The number of ether oxygens (including phenoxy) is 5. The van der Waals surface area contributed by atoms with Crippen molar-refractivity contribution in [3.8, 4) is 68.6 Å². The molecule has 0 fully saturated rings. The van der Waals surface area contributed by atoms with Crippen molar-refractivity contribution in [3.63, 3.8) is 0 Å². The normalized spacial score (nSPS) is 10.3. The number of aromatic hydroxyl groups is 4. The van der Waals surface area contributed by atoms with Crippen molar-refractivity contribution >= 4 is 23.8 Å². The van der Waals surface area contributed by atoms with Crippen LogP contribution in [0.25, 0.3) is 22.6 Å². The zero-order valence-corrected chi connectivity index (χ0v) is 27.0. The Labute approximate surface area is 279 Å². The van der Waals surface area contributed by atoms with Crippen LogP contribution < -0.4 is 29.6 Å². The van der Waals surface area contributed by atoms with Crippen molar-refractivity contribution in [3.05, 3.63) is 72.3 Å². The Hall–Kier alpha value is -6.64. The summed E-state index contributed by atoms with van der Waals surface area (Å²) in [6.45, 7) is 1.78. The number of carbonyl (C=O) groups is 2. The van der Waals surface area contributed by atoms with Gasteiger partial charge >= 0.3 is 6.09 Å². The van der Waals surface area contributed by atoms with Gasteiger partial charge in [-0.2, -0.15) is 0 Å². The Morgan fingerprint density at radius 2 is 1.08 bits per heavy atom. The van der Waals surface area contributed by atoms with Crippen LogP contribution in [0.2, 0.25) is 0 Å². The number of anilines is 2. The van der Waals surface area contributed by atoms with Gasteiger partial charge in [-0.05, 0) is 43.3 Å². The Morgan fingerprint density at radius 3 is 1.51 bits per heavy atom. The maximum absolute atomic E-state index is 12.2. The van der Waals surface area contributed by atoms with Crippen LogP contribution in [0.3, 0.4) is 0 Å². The highest BCUT2D eigenvalue weighted by molar-refractivity contribution is 6.04. The Bertz CT molecular complexity index is 1920. The second-order valence-corrected chi connectivity index (χ2v) is 9.66. The molecule has 0 spiro atoms. The van der Waals surface area contributed by atoms with Gasteiger partial charge in [-0.3, -0.25) is 15.4 Å². The van der Waals surface area contributed by atoms with Gasteiger partial charge < -0.3 is 52.9 Å². The summed E-state index contributed by atoms with van der Waals surface area (Å²) in [5.74, 6) is -1.99. The summed E-state index contributed by atoms with van der Waals surface area (Å²) in [5.41, 5.74) is 1.08. The van der Waals surface area contributed by atoms with Gasteiger partial charge in [0.15, 0.2) is 34.5 Å². The van der Waals surface area contributed by atoms with E-state index in [0.29, 0.717) is 39.7 Å². The first-order chi connectivity index (χ1) is 23.6. The first-order valence-corrected chi connectivity index (χ1v) is 14.4. The lowest BCUT2D eigenvalue weighted by Gasteiger charge is -2.10. The van der Waals surface area contributed by atoms with E-state index in [-0.39, 0.29) is 29.9 Å². The molecular formula is C34H34N2O13. The van der Waals surface area contributed by atoms with Crippen molar-refractivity contribution < 1.29 is 62.5 Å². The van der Waals surface area contributed by atoms with E-state index in [1.165, 1.54) is 28.4 Å². The lowest BCUT2D eigenvalue weighted by molar-refractivity contribution is 0.102. The minimum Gasteiger partial charge on any atom is -0.502 e. The van der Waals surface area contributed by atoms with E-state index in [9.17, 15) is 30.0 Å². The van der Waals surface area contributed by atoms with Crippen LogP contribution in [0.4, 0.5) is 16.6 Å². The molecule has 258 valence electrons. The summed E-state index contributed by atoms with van der Waals surface area (Å²) < 4.78 is 36.5. The molecule has 15 nitrogen and oxygen atoms in total. The van der Waals surface area contributed by atoms with Crippen LogP contribution in [-0.4, -0.2) is 67.5 Å². The number of benzene rings is 3. The molecule has 0 aliphatic carbocycles. The molecular weight excluding hydrogens is 644 g/mol. The Balaban J connectivity index is 0.000000223. The molecule has 0 radical (unpaired) electrons. The fraction of sp³-hybridized carbons (Fsp3) is 0.176. The van der Waals surface area contributed by atoms with Crippen molar-refractivity contribution in [2.75, 3.05) is 45.7 Å². The molecule has 2 amide bonds. The second-order valence-electron chi connectivity index (χ2n) is 9.66. The van der Waals surface area contributed by atoms with E-state index in [4.69, 9.17) is 27.8 Å². The van der Waals surface area contributed by atoms with Crippen molar-refractivity contribution in [1.82, 2.24) is 0 Å². The van der Waals surface area contributed by atoms with Crippen LogP contribution >= 0.6 is 0 Å². The summed E-state index contributed by atoms with van der Waals surface area (Å²) in [5, 5.41) is 45.0. The number of hydrogen-bond donors (Lipinski definition) is 6. The number of carbonyl (C=O) groups excluding carboxylic acids is 2. The second kappa shape index (κ2) is 15.8. The molecule has 0 saturated carbocycles. The third-order valence-electron chi connectivity index (χ3n) is 6.77. The van der Waals surface area contributed by atoms with Gasteiger partial charge in [0, 0.05) is 5.56 Å². The van der Waals surface area contributed by atoms with E-state index in [1.54, 1.807) is 73.7 Å². The van der Waals surface area contributed by atoms with Gasteiger partial charge in [0.25, 0.3) is 5.91 Å². The zero-order valence-electron chi connectivity index (χ0n) is 27.0. The molecule has 0 saturated heterocycles. The molecule has 15 heteroatoms. The molecule has 0 atom stereocenters. The lowest BCUT2D eigenvalue weighted by Crippen LogP contribution is -2.12. The number of nitrogens with one attached hydrogen (secondary N) is 2. The van der Waals surface area contributed by atoms with E-state index in [0.717, 1.165) is 0 Å². The van der Waals surface area contributed by atoms with Crippen LogP contribution in [0.5, 0.6) is 46.0 Å². The molecule has 2 aromatic heterocycles. The predicted octanol–water partition coefficient (Wildman–Crippen LogP) is 6.57. The third-order valence-corrected chi connectivity index (χ3v) is 6.77. The van der Waals surface area contributed by atoms with Crippen molar-refractivity contribution in [2.45, 2.75) is 6.92 Å². The molecule has 0 unspecified atom stereocenters. The number of furan rings is 2. The molecule has 0 bridgehead atoms. The zero-order chi connectivity index (χ0) is 35.7. The highest BCUT2D eigenvalue weighted by Crippen LogP contribution is 2.50. The maximum Gasteiger partial charge on any atom is 0.414 e. The fourth-order valence-electron chi connectivity index (χ4n) is 4.52. The topological polar surface area (TPSA) is 212 Å². The molecule has 0 aliphatic rings. The Kier molecular flexibility index (Phi) is 11.3. The van der Waals surface area contributed by atoms with Crippen LogP contribution in [-0.2, 0) is 4.74 Å². The average molecular weight is 679 g/mol. The van der Waals surface area contributed by atoms with Crippen LogP contribution in [0.15, 0.2) is 75.6 Å². The van der Waals surface area contributed by atoms with E-state index in [1.807, 2.05) is 0 Å². The maximum atomic E-state index is 12.2. The minimum absolute atomic E-state index is 0.0541. The van der Waals surface area contributed by atoms with Crippen LogP contribution in [0, 0.1) is 0 Å². The molecule has 5 rings (SSSR count). The number of rotatable bonds is 10. The number of hydrogen-bond acceptors (Lipinski definition) is 13. The van der Waals surface area contributed by atoms with Gasteiger partial charge in [0.05, 0.1) is 46.2 Å². The molecule has 3 aromatic carbocycles. The first-order valence-electron chi connectivity index (χ1n) is 14.4. The average Bonchev–Trinajstić information content (AvgIpc) is 3.56. The third kappa shape index (κ3) is 7.51. The summed E-state index contributed by atoms with van der Waals surface area (Å²) in [6, 6.07) is 18.3. The van der Waals surface area contributed by atoms with E-state index >= 15 is 0 Å². The molecule has 6 N–H and O–H groups in total. The monoisotopic (exact) mass is 678 g/mol. The highest BCUT2D eigenvalue weighted by Gasteiger charge is 2.27. The van der Waals surface area contributed by atoms with Crippen molar-refractivity contribution in [2.24, 2.45) is 0 Å². The number of para-hydroxylation sites is 2. The standard InChI is InChI=1S/C19H17NO6.C15H17NO7/c1-24-13-10-6-9-12(16(13)25-2)17-14(21)15(22)19(26-17)20-18(23)11-7-4-3-5-8-11;1-4-22-15(19)16-14-11(18)10(17)13(23-14)8-6-5-7-9(20-2)12(8)21-3/h3-10,21-22H,1-2H3,(H,20,23);5-7,17-18H,4H2,1-3H3,(H,16,19). The first kappa shape index (κ1) is 35.2. The molecule has 5 aromatic rings. The highest BCUT2D eigenvalue weighted by atomic mass is 16.6. The smallest absolute Gasteiger partial charge is 0.414 e. The Morgan fingerprint density at radius 1 is 0.612 bits per heavy atom. The predicted molar refractivity (Wildman–Crippen MR) is 176 cm³/mol. The largest absolute Gasteiger partial charge is 0.502 e. The van der Waals surface area contributed by atoms with Gasteiger partial charge in [-0.15, -0.1) is 0 Å². The number of methoxy groups -OCH3 is 4. The summed E-state index contributed by atoms with van der Waals surface area (Å²) in [7, 11) is 5.82. The quantitative estimate of drug-likeness (QED) is 0.0924. The SMILES string of the molecule is CCOC(=O)Nc1oc(-c2cccc(OC)c2OC)c(O)c1O.COc1cccc(-c2oc(NC(=O)c3ccccc3)c(O)c2O)c1OC. The van der Waals surface area contributed by atoms with Crippen LogP contribution in [0.1, 0.15) is 17.3 Å². The summed E-state index contributed by atoms with van der Waals surface area (Å²) in [6.07, 6.45) is -0.819. The minimum atomic E-state index is -0.819. The lowest BCUT2D eigenvalue weighted by atomic mass is 10.1. The van der Waals surface area contributed by atoms with Gasteiger partial charge in [-0.1, -0.05) is 30.3 Å². The fourth-order valence-corrected chi connectivity index (χ4v) is 4.52. The van der Waals surface area contributed by atoms with E-state index in [2.05, 4.69) is 15.4 Å². The van der Waals surface area contributed by atoms with Gasteiger partial charge in [0.2, 0.25) is 34.8 Å². The van der Waals surface area contributed by atoms with E-state index < -0.39 is 35.0 Å². The molecule has 2 heterocycles. The number of amides is 2. The summed E-state index contributed by atoms with van der Waals surface area (Å²) >= 11 is 0. The van der Waals surface area contributed by atoms with Crippen molar-refractivity contribution in [1.29, 1.82) is 0 Å². The van der Waals surface area contributed by atoms with Gasteiger partial charge in [0.1, 0.15) is 0 Å². The molecule has 0 aliphatic heterocycles. The van der Waals surface area contributed by atoms with Gasteiger partial charge in [-0.25, -0.2) is 4.79 Å². The molecule has 49 heavy (non-hydrogen) atoms.